The van der Waals surface area contributed by atoms with Gasteiger partial charge in [0.1, 0.15) is 0 Å². The first kappa shape index (κ1) is 17.0. The second kappa shape index (κ2) is 7.34. The van der Waals surface area contributed by atoms with Crippen LogP contribution in [0.2, 0.25) is 0 Å². The van der Waals surface area contributed by atoms with E-state index in [-0.39, 0.29) is 17.9 Å². The van der Waals surface area contributed by atoms with E-state index in [0.29, 0.717) is 6.04 Å². The number of nitrogens with zero attached hydrogens (tertiary/aromatic N) is 2. The molecule has 2 N–H and O–H groups in total. The molecule has 0 aliphatic carbocycles. The molecule has 0 radical (unpaired) electrons. The third kappa shape index (κ3) is 3.46. The highest BCUT2D eigenvalue weighted by Gasteiger charge is 2.36. The standard InChI is InChI=1S/C19H27N3O2/c1-2-14-5-7-15(8-6-14)19(24)21-12-9-16(10-13-21)22-11-3-4-17(22)18(20)23/h5-8,16-17H,2-4,9-13H2,1H3,(H2,20,23). The number of carbonyl (C=O) groups is 2. The van der Waals surface area contributed by atoms with Gasteiger partial charge < -0.3 is 10.6 Å². The monoisotopic (exact) mass is 329 g/mol. The number of benzene rings is 1. The van der Waals surface area contributed by atoms with E-state index in [1.807, 2.05) is 29.2 Å². The van der Waals surface area contributed by atoms with Crippen LogP contribution in [0.1, 0.15) is 48.5 Å². The fourth-order valence-corrected chi connectivity index (χ4v) is 4.00. The maximum Gasteiger partial charge on any atom is 0.253 e. The number of nitrogens with two attached hydrogens (primary N) is 1. The molecule has 2 fully saturated rings. The summed E-state index contributed by atoms with van der Waals surface area (Å²) in [4.78, 5) is 28.4. The van der Waals surface area contributed by atoms with Crippen LogP contribution in [0, 0.1) is 0 Å². The molecule has 0 spiro atoms. The lowest BCUT2D eigenvalue weighted by Gasteiger charge is -2.38. The van der Waals surface area contributed by atoms with E-state index in [4.69, 9.17) is 5.73 Å². The molecular weight excluding hydrogens is 302 g/mol. The van der Waals surface area contributed by atoms with Crippen molar-refractivity contribution < 1.29 is 9.59 Å². The molecule has 5 nitrogen and oxygen atoms in total. The molecule has 1 unspecified atom stereocenters. The number of primary amides is 1. The lowest BCUT2D eigenvalue weighted by Crippen LogP contribution is -2.51. The molecule has 1 aromatic rings. The van der Waals surface area contributed by atoms with Crippen LogP contribution in [-0.4, -0.2) is 53.3 Å². The lowest BCUT2D eigenvalue weighted by atomic mass is 10.0. The van der Waals surface area contributed by atoms with Gasteiger partial charge in [-0.2, -0.15) is 0 Å². The Morgan fingerprint density at radius 1 is 1.08 bits per heavy atom. The van der Waals surface area contributed by atoms with Gasteiger partial charge in [0, 0.05) is 24.7 Å². The smallest absolute Gasteiger partial charge is 0.253 e. The molecule has 0 saturated carbocycles. The number of piperidine rings is 1. The van der Waals surface area contributed by atoms with Gasteiger partial charge in [-0.15, -0.1) is 0 Å². The number of carbonyl (C=O) groups excluding carboxylic acids is 2. The molecule has 1 aromatic carbocycles. The van der Waals surface area contributed by atoms with Crippen molar-refractivity contribution in [3.8, 4) is 0 Å². The van der Waals surface area contributed by atoms with Crippen LogP contribution in [0.25, 0.3) is 0 Å². The first-order valence-corrected chi connectivity index (χ1v) is 9.03. The largest absolute Gasteiger partial charge is 0.368 e. The second-order valence-corrected chi connectivity index (χ2v) is 6.87. The van der Waals surface area contributed by atoms with Gasteiger partial charge in [-0.3, -0.25) is 14.5 Å². The van der Waals surface area contributed by atoms with Crippen molar-refractivity contribution in [1.82, 2.24) is 9.80 Å². The van der Waals surface area contributed by atoms with E-state index in [1.165, 1.54) is 5.56 Å². The van der Waals surface area contributed by atoms with Gasteiger partial charge in [0.05, 0.1) is 6.04 Å². The summed E-state index contributed by atoms with van der Waals surface area (Å²) in [7, 11) is 0. The summed E-state index contributed by atoms with van der Waals surface area (Å²) in [6.07, 6.45) is 4.73. The summed E-state index contributed by atoms with van der Waals surface area (Å²) in [5, 5.41) is 0. The van der Waals surface area contributed by atoms with Gasteiger partial charge in [0.25, 0.3) is 5.91 Å². The average Bonchev–Trinajstić information content (AvgIpc) is 3.11. The molecule has 0 bridgehead atoms. The predicted molar refractivity (Wildman–Crippen MR) is 93.7 cm³/mol. The highest BCUT2D eigenvalue weighted by Crippen LogP contribution is 2.26. The topological polar surface area (TPSA) is 66.6 Å². The van der Waals surface area contributed by atoms with E-state index in [2.05, 4.69) is 11.8 Å². The quantitative estimate of drug-likeness (QED) is 0.916. The van der Waals surface area contributed by atoms with Gasteiger partial charge in [0.15, 0.2) is 0 Å². The second-order valence-electron chi connectivity index (χ2n) is 6.87. The van der Waals surface area contributed by atoms with Gasteiger partial charge in [-0.1, -0.05) is 19.1 Å². The Labute approximate surface area is 143 Å². The summed E-state index contributed by atoms with van der Waals surface area (Å²) < 4.78 is 0. The Morgan fingerprint density at radius 3 is 2.33 bits per heavy atom. The van der Waals surface area contributed by atoms with Crippen LogP contribution in [0.3, 0.4) is 0 Å². The van der Waals surface area contributed by atoms with Crippen LogP contribution >= 0.6 is 0 Å². The molecule has 2 aliphatic heterocycles. The molecular formula is C19H27N3O2. The molecule has 5 heteroatoms. The molecule has 130 valence electrons. The molecule has 0 aromatic heterocycles. The molecule has 1 atom stereocenters. The first-order valence-electron chi connectivity index (χ1n) is 9.03. The third-order valence-corrected chi connectivity index (χ3v) is 5.45. The third-order valence-electron chi connectivity index (χ3n) is 5.45. The van der Waals surface area contributed by atoms with Crippen molar-refractivity contribution in [3.05, 3.63) is 35.4 Å². The predicted octanol–water partition coefficient (Wildman–Crippen LogP) is 1.80. The van der Waals surface area contributed by atoms with Crippen molar-refractivity contribution in [1.29, 1.82) is 0 Å². The number of amides is 2. The Morgan fingerprint density at radius 2 is 1.75 bits per heavy atom. The van der Waals surface area contributed by atoms with Gasteiger partial charge in [-0.25, -0.2) is 0 Å². The Kier molecular flexibility index (Phi) is 5.19. The summed E-state index contributed by atoms with van der Waals surface area (Å²) in [5.41, 5.74) is 7.54. The zero-order valence-electron chi connectivity index (χ0n) is 14.4. The van der Waals surface area contributed by atoms with E-state index >= 15 is 0 Å². The average molecular weight is 329 g/mol. The molecule has 2 heterocycles. The molecule has 3 rings (SSSR count). The molecule has 24 heavy (non-hydrogen) atoms. The van der Waals surface area contributed by atoms with E-state index < -0.39 is 0 Å². The minimum Gasteiger partial charge on any atom is -0.368 e. The summed E-state index contributed by atoms with van der Waals surface area (Å²) >= 11 is 0. The zero-order valence-corrected chi connectivity index (χ0v) is 14.4. The number of likely N-dealkylation sites (tertiary alicyclic amines) is 2. The van der Waals surface area contributed by atoms with Crippen molar-refractivity contribution in [2.45, 2.75) is 51.1 Å². The summed E-state index contributed by atoms with van der Waals surface area (Å²) in [5.74, 6) is -0.0917. The maximum absolute atomic E-state index is 12.6. The molecule has 2 aliphatic rings. The Bertz CT molecular complexity index is 591. The fourth-order valence-electron chi connectivity index (χ4n) is 4.00. The fraction of sp³-hybridized carbons (Fsp3) is 0.579. The number of aryl methyl sites for hydroxylation is 1. The zero-order chi connectivity index (χ0) is 17.1. The van der Waals surface area contributed by atoms with E-state index in [9.17, 15) is 9.59 Å². The summed E-state index contributed by atoms with van der Waals surface area (Å²) in [6.45, 7) is 4.56. The van der Waals surface area contributed by atoms with Crippen LogP contribution in [0.4, 0.5) is 0 Å². The van der Waals surface area contributed by atoms with Crippen LogP contribution in [-0.2, 0) is 11.2 Å². The highest BCUT2D eigenvalue weighted by molar-refractivity contribution is 5.94. The number of rotatable bonds is 4. The normalized spacial score (nSPS) is 22.7. The number of hydrogen-bond donors (Lipinski definition) is 1. The van der Waals surface area contributed by atoms with Crippen molar-refractivity contribution in [2.24, 2.45) is 5.73 Å². The Hall–Kier alpha value is -1.88. The van der Waals surface area contributed by atoms with Crippen molar-refractivity contribution in [3.63, 3.8) is 0 Å². The molecule has 2 amide bonds. The number of hydrogen-bond acceptors (Lipinski definition) is 3. The SMILES string of the molecule is CCc1ccc(C(=O)N2CCC(N3CCCC3C(N)=O)CC2)cc1. The minimum absolute atomic E-state index is 0.112. The molecule has 2 saturated heterocycles. The van der Waals surface area contributed by atoms with E-state index in [1.54, 1.807) is 0 Å². The first-order chi connectivity index (χ1) is 11.6. The van der Waals surface area contributed by atoms with Crippen molar-refractivity contribution >= 4 is 11.8 Å². The van der Waals surface area contributed by atoms with Crippen LogP contribution < -0.4 is 5.73 Å². The van der Waals surface area contributed by atoms with E-state index in [0.717, 1.165) is 57.3 Å². The Balaban J connectivity index is 1.58. The van der Waals surface area contributed by atoms with Gasteiger partial charge in [0.2, 0.25) is 5.91 Å². The van der Waals surface area contributed by atoms with Crippen LogP contribution in [0.5, 0.6) is 0 Å². The van der Waals surface area contributed by atoms with Gasteiger partial charge in [-0.05, 0) is 56.3 Å². The minimum atomic E-state index is -0.206. The van der Waals surface area contributed by atoms with Crippen molar-refractivity contribution in [2.75, 3.05) is 19.6 Å². The maximum atomic E-state index is 12.6. The summed E-state index contributed by atoms with van der Waals surface area (Å²) in [6, 6.07) is 8.17. The highest BCUT2D eigenvalue weighted by atomic mass is 16.2. The van der Waals surface area contributed by atoms with Gasteiger partial charge >= 0.3 is 0 Å². The lowest BCUT2D eigenvalue weighted by molar-refractivity contribution is -0.123. The van der Waals surface area contributed by atoms with Crippen LogP contribution in [0.15, 0.2) is 24.3 Å².